The number of ether oxygens (including phenoxy) is 2. The Morgan fingerprint density at radius 1 is 1.50 bits per heavy atom. The first kappa shape index (κ1) is 13.0. The molecule has 0 saturated heterocycles. The van der Waals surface area contributed by atoms with Crippen LogP contribution < -0.4 is 14.8 Å². The second-order valence-electron chi connectivity index (χ2n) is 4.21. The number of halogens is 1. The molecule has 1 aliphatic carbocycles. The van der Waals surface area contributed by atoms with E-state index in [-0.39, 0.29) is 6.61 Å². The van der Waals surface area contributed by atoms with Crippen molar-refractivity contribution < 1.29 is 9.47 Å². The zero-order chi connectivity index (χ0) is 13.0. The number of hydrogen-bond acceptors (Lipinski definition) is 4. The molecule has 1 fully saturated rings. The van der Waals surface area contributed by atoms with Crippen molar-refractivity contribution in [2.75, 3.05) is 13.7 Å². The summed E-state index contributed by atoms with van der Waals surface area (Å²) in [5.74, 6) is 0.987. The van der Waals surface area contributed by atoms with Crippen LogP contribution in [-0.4, -0.2) is 19.8 Å². The van der Waals surface area contributed by atoms with Crippen LogP contribution in [0.3, 0.4) is 0 Å². The van der Waals surface area contributed by atoms with Crippen molar-refractivity contribution in [2.45, 2.75) is 25.4 Å². The Bertz CT molecular complexity index is 467. The minimum Gasteiger partial charge on any atom is -0.493 e. The van der Waals surface area contributed by atoms with Crippen LogP contribution in [0.1, 0.15) is 18.4 Å². The van der Waals surface area contributed by atoms with E-state index in [4.69, 9.17) is 26.3 Å². The van der Waals surface area contributed by atoms with Gasteiger partial charge in [-0.3, -0.25) is 0 Å². The Morgan fingerprint density at radius 2 is 2.28 bits per heavy atom. The minimum absolute atomic E-state index is 0.0459. The van der Waals surface area contributed by atoms with Crippen LogP contribution in [0.4, 0.5) is 0 Å². The fraction of sp³-hybridized carbons (Fsp3) is 0.462. The maximum atomic E-state index is 8.52. The van der Waals surface area contributed by atoms with Gasteiger partial charge < -0.3 is 14.8 Å². The van der Waals surface area contributed by atoms with Crippen molar-refractivity contribution in [2.24, 2.45) is 0 Å². The van der Waals surface area contributed by atoms with E-state index in [9.17, 15) is 0 Å². The Balaban J connectivity index is 2.12. The van der Waals surface area contributed by atoms with Gasteiger partial charge in [0.15, 0.2) is 18.1 Å². The lowest BCUT2D eigenvalue weighted by atomic mass is 10.2. The van der Waals surface area contributed by atoms with Gasteiger partial charge in [-0.05, 0) is 30.5 Å². The summed E-state index contributed by atoms with van der Waals surface area (Å²) in [6.45, 7) is 0.717. The van der Waals surface area contributed by atoms with Gasteiger partial charge in [0.2, 0.25) is 0 Å². The van der Waals surface area contributed by atoms with E-state index in [1.54, 1.807) is 7.11 Å². The molecular weight excluding hydrogens is 252 g/mol. The van der Waals surface area contributed by atoms with Crippen LogP contribution in [0.2, 0.25) is 5.02 Å². The van der Waals surface area contributed by atoms with E-state index in [1.807, 2.05) is 18.2 Å². The molecule has 0 unspecified atom stereocenters. The maximum Gasteiger partial charge on any atom is 0.181 e. The molecule has 1 aromatic carbocycles. The van der Waals surface area contributed by atoms with Gasteiger partial charge in [-0.2, -0.15) is 5.26 Å². The van der Waals surface area contributed by atoms with Gasteiger partial charge in [0.05, 0.1) is 12.1 Å². The molecule has 0 spiro atoms. The molecule has 0 bridgehead atoms. The van der Waals surface area contributed by atoms with Crippen molar-refractivity contribution in [3.05, 3.63) is 22.7 Å². The lowest BCUT2D eigenvalue weighted by Gasteiger charge is -2.12. The van der Waals surface area contributed by atoms with Gasteiger partial charge in [0.25, 0.3) is 0 Å². The Kier molecular flexibility index (Phi) is 4.29. The molecule has 1 N–H and O–H groups in total. The van der Waals surface area contributed by atoms with E-state index in [2.05, 4.69) is 5.32 Å². The van der Waals surface area contributed by atoms with Crippen molar-refractivity contribution in [1.82, 2.24) is 5.32 Å². The summed E-state index contributed by atoms with van der Waals surface area (Å²) in [6.07, 6.45) is 2.49. The summed E-state index contributed by atoms with van der Waals surface area (Å²) in [5.41, 5.74) is 1.05. The van der Waals surface area contributed by atoms with Crippen LogP contribution in [0.15, 0.2) is 12.1 Å². The first-order valence-electron chi connectivity index (χ1n) is 5.84. The fourth-order valence-corrected chi connectivity index (χ4v) is 1.96. The number of nitrogens with one attached hydrogen (secondary N) is 1. The average Bonchev–Trinajstić information content (AvgIpc) is 3.18. The minimum atomic E-state index is -0.0459. The van der Waals surface area contributed by atoms with E-state index < -0.39 is 0 Å². The van der Waals surface area contributed by atoms with Crippen molar-refractivity contribution >= 4 is 11.6 Å². The molecule has 1 saturated carbocycles. The first-order chi connectivity index (χ1) is 8.74. The van der Waals surface area contributed by atoms with Crippen molar-refractivity contribution in [1.29, 1.82) is 5.26 Å². The maximum absolute atomic E-state index is 8.52. The third kappa shape index (κ3) is 3.28. The zero-order valence-corrected chi connectivity index (χ0v) is 11.0. The molecule has 0 amide bonds. The van der Waals surface area contributed by atoms with Crippen molar-refractivity contribution in [3.63, 3.8) is 0 Å². The molecule has 0 aliphatic heterocycles. The predicted molar refractivity (Wildman–Crippen MR) is 69.0 cm³/mol. The van der Waals surface area contributed by atoms with Gasteiger partial charge in [0.1, 0.15) is 6.07 Å². The normalized spacial score (nSPS) is 14.1. The van der Waals surface area contributed by atoms with Gasteiger partial charge in [-0.15, -0.1) is 0 Å². The second kappa shape index (κ2) is 5.94. The van der Waals surface area contributed by atoms with Gasteiger partial charge in [-0.1, -0.05) is 11.6 Å². The molecule has 0 atom stereocenters. The van der Waals surface area contributed by atoms with Gasteiger partial charge in [-0.25, -0.2) is 0 Å². The molecule has 0 radical (unpaired) electrons. The zero-order valence-electron chi connectivity index (χ0n) is 10.2. The summed E-state index contributed by atoms with van der Waals surface area (Å²) in [4.78, 5) is 0. The Hall–Kier alpha value is -1.44. The lowest BCUT2D eigenvalue weighted by Crippen LogP contribution is -2.15. The molecule has 0 heterocycles. The molecule has 2 rings (SSSR count). The molecule has 4 nitrogen and oxygen atoms in total. The molecule has 1 aliphatic rings. The second-order valence-corrected chi connectivity index (χ2v) is 4.62. The predicted octanol–water partition coefficient (Wildman–Crippen LogP) is 2.50. The summed E-state index contributed by atoms with van der Waals surface area (Å²) < 4.78 is 10.5. The highest BCUT2D eigenvalue weighted by Gasteiger charge is 2.20. The molecule has 1 aromatic rings. The third-order valence-electron chi connectivity index (χ3n) is 2.74. The summed E-state index contributed by atoms with van der Waals surface area (Å²) in [7, 11) is 1.56. The standard InChI is InChI=1S/C13H15ClN2O2/c1-17-12-7-9(8-16-10-2-3-10)6-11(14)13(12)18-5-4-15/h6-7,10,16H,2-3,5,8H2,1H3. The summed E-state index contributed by atoms with van der Waals surface area (Å²) >= 11 is 6.14. The van der Waals surface area contributed by atoms with Crippen LogP contribution >= 0.6 is 11.6 Å². The van der Waals surface area contributed by atoms with E-state index in [1.165, 1.54) is 12.8 Å². The van der Waals surface area contributed by atoms with Crippen molar-refractivity contribution in [3.8, 4) is 17.6 Å². The van der Waals surface area contributed by atoms with Gasteiger partial charge >= 0.3 is 0 Å². The number of benzene rings is 1. The third-order valence-corrected chi connectivity index (χ3v) is 3.02. The SMILES string of the molecule is COc1cc(CNC2CC2)cc(Cl)c1OCC#N. The number of rotatable bonds is 6. The van der Waals surface area contributed by atoms with Crippen LogP contribution in [0.5, 0.6) is 11.5 Å². The van der Waals surface area contributed by atoms with Crippen LogP contribution in [0.25, 0.3) is 0 Å². The summed E-state index contributed by atoms with van der Waals surface area (Å²) in [6, 6.07) is 6.27. The highest BCUT2D eigenvalue weighted by Crippen LogP contribution is 2.36. The quantitative estimate of drug-likeness (QED) is 0.860. The Labute approximate surface area is 111 Å². The van der Waals surface area contributed by atoms with E-state index in [0.29, 0.717) is 22.6 Å². The Morgan fingerprint density at radius 3 is 2.89 bits per heavy atom. The fourth-order valence-electron chi connectivity index (χ4n) is 1.67. The summed E-state index contributed by atoms with van der Waals surface area (Å²) in [5, 5.41) is 12.4. The molecule has 5 heteroatoms. The number of nitrogens with zero attached hydrogens (tertiary/aromatic N) is 1. The van der Waals surface area contributed by atoms with Gasteiger partial charge in [0, 0.05) is 12.6 Å². The topological polar surface area (TPSA) is 54.3 Å². The average molecular weight is 267 g/mol. The van der Waals surface area contributed by atoms with Crippen LogP contribution in [-0.2, 0) is 6.54 Å². The van der Waals surface area contributed by atoms with E-state index >= 15 is 0 Å². The molecule has 0 aromatic heterocycles. The van der Waals surface area contributed by atoms with E-state index in [0.717, 1.165) is 12.1 Å². The smallest absolute Gasteiger partial charge is 0.181 e. The molecular formula is C13H15ClN2O2. The monoisotopic (exact) mass is 266 g/mol. The molecule has 96 valence electrons. The first-order valence-corrected chi connectivity index (χ1v) is 6.22. The highest BCUT2D eigenvalue weighted by atomic mass is 35.5. The largest absolute Gasteiger partial charge is 0.493 e. The number of hydrogen-bond donors (Lipinski definition) is 1. The molecule has 18 heavy (non-hydrogen) atoms. The highest BCUT2D eigenvalue weighted by molar-refractivity contribution is 6.32. The number of nitriles is 1. The number of methoxy groups -OCH3 is 1. The lowest BCUT2D eigenvalue weighted by molar-refractivity contribution is 0.329. The van der Waals surface area contributed by atoms with Crippen LogP contribution in [0, 0.1) is 11.3 Å².